The highest BCUT2D eigenvalue weighted by Gasteiger charge is 2.18. The molecule has 0 amide bonds. The van der Waals surface area contributed by atoms with Crippen LogP contribution >= 0.6 is 0 Å². The number of carbonyl (C=O) groups excluding carboxylic acids is 2. The molecule has 0 aliphatic carbocycles. The SMILES string of the molecule is COC(=O)c1ccccc1C(=O)OCc1ccc([N+](=O)[O-])cc1. The summed E-state index contributed by atoms with van der Waals surface area (Å²) >= 11 is 0. The van der Waals surface area contributed by atoms with E-state index >= 15 is 0 Å². The number of nitro benzene ring substituents is 1. The molecule has 0 radical (unpaired) electrons. The minimum atomic E-state index is -0.677. The van der Waals surface area contributed by atoms with Crippen molar-refractivity contribution in [1.82, 2.24) is 0 Å². The predicted octanol–water partition coefficient (Wildman–Crippen LogP) is 2.74. The summed E-state index contributed by atoms with van der Waals surface area (Å²) in [6, 6.07) is 11.8. The van der Waals surface area contributed by atoms with Crippen molar-refractivity contribution < 1.29 is 24.0 Å². The third kappa shape index (κ3) is 3.91. The summed E-state index contributed by atoms with van der Waals surface area (Å²) in [6.45, 7) is -0.0632. The standard InChI is InChI=1S/C16H13NO6/c1-22-15(18)13-4-2-3-5-14(13)16(19)23-10-11-6-8-12(9-7-11)17(20)21/h2-9H,10H2,1H3. The molecule has 0 atom stereocenters. The van der Waals surface area contributed by atoms with E-state index in [2.05, 4.69) is 4.74 Å². The van der Waals surface area contributed by atoms with Crippen LogP contribution in [-0.2, 0) is 16.1 Å². The molecule has 118 valence electrons. The molecule has 0 fully saturated rings. The lowest BCUT2D eigenvalue weighted by Gasteiger charge is -2.08. The molecule has 0 aliphatic heterocycles. The van der Waals surface area contributed by atoms with Gasteiger partial charge in [0.05, 0.1) is 23.2 Å². The first-order valence-electron chi connectivity index (χ1n) is 6.60. The molecule has 7 nitrogen and oxygen atoms in total. The van der Waals surface area contributed by atoms with Crippen LogP contribution in [0, 0.1) is 10.1 Å². The number of hydrogen-bond acceptors (Lipinski definition) is 6. The monoisotopic (exact) mass is 315 g/mol. The van der Waals surface area contributed by atoms with E-state index in [-0.39, 0.29) is 23.4 Å². The molecule has 0 bridgehead atoms. The summed E-state index contributed by atoms with van der Waals surface area (Å²) in [5.74, 6) is -1.31. The van der Waals surface area contributed by atoms with Crippen molar-refractivity contribution in [3.63, 3.8) is 0 Å². The van der Waals surface area contributed by atoms with Crippen LogP contribution in [0.25, 0.3) is 0 Å². The van der Waals surface area contributed by atoms with Crippen LogP contribution in [-0.4, -0.2) is 24.0 Å². The zero-order valence-corrected chi connectivity index (χ0v) is 12.2. The molecule has 0 spiro atoms. The molecule has 0 saturated carbocycles. The van der Waals surface area contributed by atoms with E-state index in [0.717, 1.165) is 0 Å². The van der Waals surface area contributed by atoms with Crippen molar-refractivity contribution in [1.29, 1.82) is 0 Å². The van der Waals surface area contributed by atoms with Gasteiger partial charge in [-0.25, -0.2) is 9.59 Å². The van der Waals surface area contributed by atoms with Crippen LogP contribution < -0.4 is 0 Å². The maximum absolute atomic E-state index is 12.1. The fourth-order valence-corrected chi connectivity index (χ4v) is 1.89. The number of hydrogen-bond donors (Lipinski definition) is 0. The number of rotatable bonds is 5. The number of esters is 2. The third-order valence-corrected chi connectivity index (χ3v) is 3.07. The molecule has 0 saturated heterocycles. The van der Waals surface area contributed by atoms with Crippen molar-refractivity contribution in [2.75, 3.05) is 7.11 Å². The number of nitrogens with zero attached hydrogens (tertiary/aromatic N) is 1. The Labute approximate surface area is 131 Å². The number of non-ortho nitro benzene ring substituents is 1. The van der Waals surface area contributed by atoms with E-state index in [4.69, 9.17) is 4.74 Å². The lowest BCUT2D eigenvalue weighted by Crippen LogP contribution is -2.12. The van der Waals surface area contributed by atoms with Crippen molar-refractivity contribution in [3.05, 3.63) is 75.3 Å². The Morgan fingerprint density at radius 3 is 2.09 bits per heavy atom. The van der Waals surface area contributed by atoms with E-state index in [1.807, 2.05) is 0 Å². The average molecular weight is 315 g/mol. The van der Waals surface area contributed by atoms with E-state index in [1.165, 1.54) is 43.5 Å². The largest absolute Gasteiger partial charge is 0.465 e. The van der Waals surface area contributed by atoms with E-state index in [9.17, 15) is 19.7 Å². The molecule has 2 aromatic rings. The van der Waals surface area contributed by atoms with Gasteiger partial charge in [-0.05, 0) is 29.8 Å². The van der Waals surface area contributed by atoms with Gasteiger partial charge in [0.25, 0.3) is 5.69 Å². The van der Waals surface area contributed by atoms with Gasteiger partial charge in [-0.15, -0.1) is 0 Å². The number of ether oxygens (including phenoxy) is 2. The first kappa shape index (κ1) is 16.2. The molecular weight excluding hydrogens is 302 g/mol. The Morgan fingerprint density at radius 1 is 1.00 bits per heavy atom. The van der Waals surface area contributed by atoms with Gasteiger partial charge in [0.15, 0.2) is 0 Å². The Balaban J connectivity index is 2.08. The highest BCUT2D eigenvalue weighted by molar-refractivity contribution is 6.03. The van der Waals surface area contributed by atoms with E-state index in [0.29, 0.717) is 5.56 Å². The first-order valence-corrected chi connectivity index (χ1v) is 6.60. The molecule has 0 unspecified atom stereocenters. The molecule has 0 heterocycles. The summed E-state index contributed by atoms with van der Waals surface area (Å²) in [6.07, 6.45) is 0. The molecule has 23 heavy (non-hydrogen) atoms. The van der Waals surface area contributed by atoms with Gasteiger partial charge < -0.3 is 9.47 Å². The zero-order valence-electron chi connectivity index (χ0n) is 12.2. The van der Waals surface area contributed by atoms with E-state index in [1.54, 1.807) is 12.1 Å². The second-order valence-electron chi connectivity index (χ2n) is 4.54. The smallest absolute Gasteiger partial charge is 0.339 e. The summed E-state index contributed by atoms with van der Waals surface area (Å²) in [7, 11) is 1.22. The van der Waals surface area contributed by atoms with Gasteiger partial charge in [-0.3, -0.25) is 10.1 Å². The Morgan fingerprint density at radius 2 is 1.57 bits per heavy atom. The molecule has 0 N–H and O–H groups in total. The minimum Gasteiger partial charge on any atom is -0.465 e. The fourth-order valence-electron chi connectivity index (χ4n) is 1.89. The number of benzene rings is 2. The highest BCUT2D eigenvalue weighted by Crippen LogP contribution is 2.15. The normalized spacial score (nSPS) is 9.96. The van der Waals surface area contributed by atoms with Crippen LogP contribution in [0.3, 0.4) is 0 Å². The van der Waals surface area contributed by atoms with Crippen LogP contribution in [0.2, 0.25) is 0 Å². The maximum atomic E-state index is 12.1. The van der Waals surface area contributed by atoms with Gasteiger partial charge in [-0.1, -0.05) is 12.1 Å². The second kappa shape index (κ2) is 7.17. The lowest BCUT2D eigenvalue weighted by atomic mass is 10.1. The summed E-state index contributed by atoms with van der Waals surface area (Å²) in [4.78, 5) is 33.8. The number of nitro groups is 1. The van der Waals surface area contributed by atoms with Gasteiger partial charge in [0, 0.05) is 12.1 Å². The Bertz CT molecular complexity index is 738. The number of carbonyl (C=O) groups is 2. The van der Waals surface area contributed by atoms with Crippen LogP contribution in [0.4, 0.5) is 5.69 Å². The molecule has 2 aromatic carbocycles. The van der Waals surface area contributed by atoms with Crippen molar-refractivity contribution >= 4 is 17.6 Å². The zero-order chi connectivity index (χ0) is 16.8. The first-order chi connectivity index (χ1) is 11.0. The Kier molecular flexibility index (Phi) is 5.03. The van der Waals surface area contributed by atoms with Crippen LogP contribution in [0.1, 0.15) is 26.3 Å². The molecule has 0 aromatic heterocycles. The quantitative estimate of drug-likeness (QED) is 0.478. The van der Waals surface area contributed by atoms with Crippen molar-refractivity contribution in [2.24, 2.45) is 0 Å². The predicted molar refractivity (Wildman–Crippen MR) is 80.0 cm³/mol. The fraction of sp³-hybridized carbons (Fsp3) is 0.125. The molecule has 7 heteroatoms. The summed E-state index contributed by atoms with van der Waals surface area (Å²) < 4.78 is 9.75. The van der Waals surface area contributed by atoms with Gasteiger partial charge in [-0.2, -0.15) is 0 Å². The number of methoxy groups -OCH3 is 1. The van der Waals surface area contributed by atoms with Gasteiger partial charge >= 0.3 is 11.9 Å². The highest BCUT2D eigenvalue weighted by atomic mass is 16.6. The van der Waals surface area contributed by atoms with Crippen molar-refractivity contribution in [2.45, 2.75) is 6.61 Å². The second-order valence-corrected chi connectivity index (χ2v) is 4.54. The molecule has 0 aliphatic rings. The average Bonchev–Trinajstić information content (AvgIpc) is 2.59. The van der Waals surface area contributed by atoms with Gasteiger partial charge in [0.1, 0.15) is 6.61 Å². The minimum absolute atomic E-state index is 0.0453. The van der Waals surface area contributed by atoms with E-state index < -0.39 is 16.9 Å². The van der Waals surface area contributed by atoms with Gasteiger partial charge in [0.2, 0.25) is 0 Å². The topological polar surface area (TPSA) is 95.7 Å². The third-order valence-electron chi connectivity index (χ3n) is 3.07. The summed E-state index contributed by atoms with van der Waals surface area (Å²) in [5, 5.41) is 10.6. The lowest BCUT2D eigenvalue weighted by molar-refractivity contribution is -0.384. The molecule has 2 rings (SSSR count). The molecular formula is C16H13NO6. The van der Waals surface area contributed by atoms with Crippen LogP contribution in [0.5, 0.6) is 0 Å². The summed E-state index contributed by atoms with van der Waals surface area (Å²) in [5.41, 5.74) is 0.764. The van der Waals surface area contributed by atoms with Crippen LogP contribution in [0.15, 0.2) is 48.5 Å². The van der Waals surface area contributed by atoms with Crippen molar-refractivity contribution in [3.8, 4) is 0 Å². The Hall–Kier alpha value is -3.22. The maximum Gasteiger partial charge on any atom is 0.339 e.